The molecule has 3 heteroatoms. The molecule has 0 atom stereocenters. The van der Waals surface area contributed by atoms with E-state index in [1.165, 1.54) is 16.5 Å². The van der Waals surface area contributed by atoms with Crippen molar-refractivity contribution in [1.29, 1.82) is 0 Å². The Morgan fingerprint density at radius 1 is 1.37 bits per heavy atom. The molecule has 2 aromatic rings. The van der Waals surface area contributed by atoms with Crippen molar-refractivity contribution in [2.24, 2.45) is 0 Å². The van der Waals surface area contributed by atoms with Crippen LogP contribution in [0, 0.1) is 0 Å². The van der Waals surface area contributed by atoms with Gasteiger partial charge in [0.15, 0.2) is 0 Å². The highest BCUT2D eigenvalue weighted by molar-refractivity contribution is 5.95. The van der Waals surface area contributed by atoms with E-state index >= 15 is 0 Å². The van der Waals surface area contributed by atoms with Crippen LogP contribution in [0.1, 0.15) is 18.1 Å². The molecule has 0 fully saturated rings. The fourth-order valence-corrected chi connectivity index (χ4v) is 2.95. The second kappa shape index (κ2) is 4.67. The van der Waals surface area contributed by atoms with Gasteiger partial charge in [0, 0.05) is 24.2 Å². The molecular weight excluding hydrogens is 236 g/mol. The molecule has 0 aromatic heterocycles. The number of Topliss-reactive ketones (excluding diaryl/α,β-unsaturated/α-hetero) is 1. The van der Waals surface area contributed by atoms with Gasteiger partial charge in [-0.25, -0.2) is 0 Å². The Kier molecular flexibility index (Phi) is 2.99. The number of benzene rings is 2. The van der Waals surface area contributed by atoms with Crippen molar-refractivity contribution in [1.82, 2.24) is 4.90 Å². The second-order valence-electron chi connectivity index (χ2n) is 5.31. The summed E-state index contributed by atoms with van der Waals surface area (Å²) in [7, 11) is 0. The number of anilines is 1. The van der Waals surface area contributed by atoms with Crippen LogP contribution in [0.4, 0.5) is 5.69 Å². The quantitative estimate of drug-likeness (QED) is 0.837. The highest BCUT2D eigenvalue weighted by atomic mass is 16.1. The van der Waals surface area contributed by atoms with E-state index in [1.807, 2.05) is 12.1 Å². The number of hydrogen-bond acceptors (Lipinski definition) is 3. The number of nitrogens with zero attached hydrogens (tertiary/aromatic N) is 1. The SMILES string of the molecule is CC(=O)CN1CCc2c(cc3ccccc3c2N)C1. The average molecular weight is 254 g/mol. The van der Waals surface area contributed by atoms with Gasteiger partial charge in [0.25, 0.3) is 0 Å². The number of ketones is 1. The van der Waals surface area contributed by atoms with Gasteiger partial charge in [-0.05, 0) is 35.9 Å². The molecule has 1 aliphatic heterocycles. The summed E-state index contributed by atoms with van der Waals surface area (Å²) >= 11 is 0. The third-order valence-electron chi connectivity index (χ3n) is 3.81. The normalized spacial score (nSPS) is 15.4. The van der Waals surface area contributed by atoms with Gasteiger partial charge in [-0.2, -0.15) is 0 Å². The van der Waals surface area contributed by atoms with Gasteiger partial charge < -0.3 is 5.73 Å². The van der Waals surface area contributed by atoms with Gasteiger partial charge in [0.05, 0.1) is 6.54 Å². The Bertz CT molecular complexity index is 648. The highest BCUT2D eigenvalue weighted by Gasteiger charge is 2.20. The van der Waals surface area contributed by atoms with Gasteiger partial charge in [0.2, 0.25) is 0 Å². The smallest absolute Gasteiger partial charge is 0.143 e. The standard InChI is InChI=1S/C16H18N2O/c1-11(19)9-18-7-6-15-13(10-18)8-12-4-2-3-5-14(12)16(15)17/h2-5,8H,6-7,9-10,17H2,1H3. The molecule has 0 aliphatic carbocycles. The van der Waals surface area contributed by atoms with Crippen molar-refractivity contribution in [2.75, 3.05) is 18.8 Å². The van der Waals surface area contributed by atoms with Gasteiger partial charge in [-0.15, -0.1) is 0 Å². The molecular formula is C16H18N2O. The Morgan fingerprint density at radius 3 is 2.95 bits per heavy atom. The van der Waals surface area contributed by atoms with Crippen LogP contribution in [-0.2, 0) is 17.8 Å². The van der Waals surface area contributed by atoms with E-state index in [9.17, 15) is 4.79 Å². The summed E-state index contributed by atoms with van der Waals surface area (Å²) in [5.74, 6) is 0.220. The number of carbonyl (C=O) groups excluding carboxylic acids is 1. The maximum absolute atomic E-state index is 11.2. The van der Waals surface area contributed by atoms with E-state index in [1.54, 1.807) is 6.92 Å². The lowest BCUT2D eigenvalue weighted by molar-refractivity contribution is -0.118. The van der Waals surface area contributed by atoms with E-state index in [-0.39, 0.29) is 5.78 Å². The monoisotopic (exact) mass is 254 g/mol. The molecule has 1 aliphatic rings. The van der Waals surface area contributed by atoms with Crippen LogP contribution in [0.5, 0.6) is 0 Å². The fraction of sp³-hybridized carbons (Fsp3) is 0.312. The zero-order valence-electron chi connectivity index (χ0n) is 11.1. The summed E-state index contributed by atoms with van der Waals surface area (Å²) in [6, 6.07) is 10.4. The van der Waals surface area contributed by atoms with Crippen LogP contribution in [-0.4, -0.2) is 23.8 Å². The predicted molar refractivity (Wildman–Crippen MR) is 78.0 cm³/mol. The Balaban J connectivity index is 2.03. The maximum Gasteiger partial charge on any atom is 0.143 e. The maximum atomic E-state index is 11.2. The molecule has 2 N–H and O–H groups in total. The minimum atomic E-state index is 0.220. The van der Waals surface area contributed by atoms with Crippen LogP contribution in [0.15, 0.2) is 30.3 Å². The largest absolute Gasteiger partial charge is 0.398 e. The molecule has 1 heterocycles. The fourth-order valence-electron chi connectivity index (χ4n) is 2.95. The first-order valence-corrected chi connectivity index (χ1v) is 6.66. The summed E-state index contributed by atoms with van der Waals surface area (Å²) in [5.41, 5.74) is 9.74. The number of nitrogens with two attached hydrogens (primary N) is 1. The number of fused-ring (bicyclic) bond motifs is 2. The predicted octanol–water partition coefficient (Wildman–Crippen LogP) is 2.37. The lowest BCUT2D eigenvalue weighted by Crippen LogP contribution is -2.34. The molecule has 0 radical (unpaired) electrons. The summed E-state index contributed by atoms with van der Waals surface area (Å²) in [6.45, 7) is 3.91. The van der Waals surface area contributed by atoms with Gasteiger partial charge in [-0.3, -0.25) is 9.69 Å². The first-order chi connectivity index (χ1) is 9.15. The molecule has 3 nitrogen and oxygen atoms in total. The molecule has 0 bridgehead atoms. The van der Waals surface area contributed by atoms with Crippen molar-refractivity contribution in [2.45, 2.75) is 19.9 Å². The van der Waals surface area contributed by atoms with Crippen molar-refractivity contribution in [3.63, 3.8) is 0 Å². The van der Waals surface area contributed by atoms with E-state index in [4.69, 9.17) is 5.73 Å². The minimum absolute atomic E-state index is 0.220. The topological polar surface area (TPSA) is 46.3 Å². The molecule has 2 aromatic carbocycles. The third kappa shape index (κ3) is 2.22. The molecule has 3 rings (SSSR count). The molecule has 0 saturated carbocycles. The highest BCUT2D eigenvalue weighted by Crippen LogP contribution is 2.31. The molecule has 98 valence electrons. The van der Waals surface area contributed by atoms with Gasteiger partial charge in [-0.1, -0.05) is 24.3 Å². The van der Waals surface area contributed by atoms with E-state index in [0.29, 0.717) is 6.54 Å². The number of nitrogen functional groups attached to an aromatic ring is 1. The first-order valence-electron chi connectivity index (χ1n) is 6.66. The first kappa shape index (κ1) is 12.2. The van der Waals surface area contributed by atoms with Crippen molar-refractivity contribution in [3.05, 3.63) is 41.5 Å². The van der Waals surface area contributed by atoms with Crippen LogP contribution in [0.25, 0.3) is 10.8 Å². The van der Waals surface area contributed by atoms with Crippen molar-refractivity contribution in [3.8, 4) is 0 Å². The van der Waals surface area contributed by atoms with Crippen LogP contribution in [0.3, 0.4) is 0 Å². The Hall–Kier alpha value is -1.87. The zero-order chi connectivity index (χ0) is 13.4. The van der Waals surface area contributed by atoms with Crippen molar-refractivity contribution >= 4 is 22.2 Å². The van der Waals surface area contributed by atoms with Gasteiger partial charge in [0.1, 0.15) is 5.78 Å². The lowest BCUT2D eigenvalue weighted by atomic mass is 9.93. The van der Waals surface area contributed by atoms with Crippen LogP contribution >= 0.6 is 0 Å². The summed E-state index contributed by atoms with van der Waals surface area (Å²) < 4.78 is 0. The summed E-state index contributed by atoms with van der Waals surface area (Å²) in [4.78, 5) is 13.4. The molecule has 0 saturated heterocycles. The second-order valence-corrected chi connectivity index (χ2v) is 5.31. The number of rotatable bonds is 2. The molecule has 0 amide bonds. The minimum Gasteiger partial charge on any atom is -0.398 e. The Morgan fingerprint density at radius 2 is 2.16 bits per heavy atom. The van der Waals surface area contributed by atoms with Gasteiger partial charge >= 0.3 is 0 Å². The zero-order valence-corrected chi connectivity index (χ0v) is 11.1. The number of hydrogen-bond donors (Lipinski definition) is 1. The average Bonchev–Trinajstić information content (AvgIpc) is 2.38. The molecule has 19 heavy (non-hydrogen) atoms. The summed E-state index contributed by atoms with van der Waals surface area (Å²) in [6.07, 6.45) is 0.930. The van der Waals surface area contributed by atoms with Crippen LogP contribution in [0.2, 0.25) is 0 Å². The van der Waals surface area contributed by atoms with E-state index in [0.717, 1.165) is 30.6 Å². The van der Waals surface area contributed by atoms with Crippen LogP contribution < -0.4 is 5.73 Å². The Labute approximate surface area is 113 Å². The molecule has 0 unspecified atom stereocenters. The van der Waals surface area contributed by atoms with E-state index < -0.39 is 0 Å². The number of carbonyl (C=O) groups is 1. The molecule has 0 spiro atoms. The summed E-state index contributed by atoms with van der Waals surface area (Å²) in [5, 5.41) is 2.32. The van der Waals surface area contributed by atoms with E-state index in [2.05, 4.69) is 23.1 Å². The van der Waals surface area contributed by atoms with Crippen molar-refractivity contribution < 1.29 is 4.79 Å². The third-order valence-corrected chi connectivity index (χ3v) is 3.81. The lowest BCUT2D eigenvalue weighted by Gasteiger charge is -2.29.